The van der Waals surface area contributed by atoms with Gasteiger partial charge in [-0.15, -0.1) is 0 Å². The van der Waals surface area contributed by atoms with Crippen LogP contribution in [0.5, 0.6) is 17.2 Å². The summed E-state index contributed by atoms with van der Waals surface area (Å²) in [5.74, 6) is 0.896. The minimum atomic E-state index is -0.594. The predicted molar refractivity (Wildman–Crippen MR) is 104 cm³/mol. The minimum Gasteiger partial charge on any atom is -0.493 e. The molecule has 0 saturated heterocycles. The van der Waals surface area contributed by atoms with E-state index >= 15 is 0 Å². The highest BCUT2D eigenvalue weighted by Gasteiger charge is 2.18. The number of hydrogen-bond donors (Lipinski definition) is 0. The average Bonchev–Trinajstić information content (AvgIpc) is 2.60. The van der Waals surface area contributed by atoms with E-state index in [1.807, 2.05) is 18.2 Å². The summed E-state index contributed by atoms with van der Waals surface area (Å²) in [4.78, 5) is 12.2. The Balaban J connectivity index is 2.28. The molecule has 0 aliphatic rings. The molecule has 0 aliphatic heterocycles. The van der Waals surface area contributed by atoms with E-state index in [9.17, 15) is 4.79 Å². The van der Waals surface area contributed by atoms with Crippen LogP contribution in [0, 0.1) is 0 Å². The summed E-state index contributed by atoms with van der Waals surface area (Å²) in [6, 6.07) is 5.35. The second kappa shape index (κ2) is 9.13. The first-order valence-corrected chi connectivity index (χ1v) is 8.57. The molecule has 0 radical (unpaired) electrons. The molecule has 5 nitrogen and oxygen atoms in total. The van der Waals surface area contributed by atoms with Gasteiger partial charge in [0.1, 0.15) is 6.61 Å². The van der Waals surface area contributed by atoms with Crippen molar-refractivity contribution in [2.45, 2.75) is 33.6 Å². The lowest BCUT2D eigenvalue weighted by molar-refractivity contribution is 0.314. The Morgan fingerprint density at radius 3 is 2.50 bits per heavy atom. The summed E-state index contributed by atoms with van der Waals surface area (Å²) in [5.41, 5.74) is 2.30. The molecule has 0 unspecified atom stereocenters. The lowest BCUT2D eigenvalue weighted by atomic mass is 10.1. The van der Waals surface area contributed by atoms with Crippen molar-refractivity contribution in [1.29, 1.82) is 0 Å². The molecule has 0 bridgehead atoms. The molecule has 0 N–H and O–H groups in total. The maximum Gasteiger partial charge on any atom is 0.383 e. The van der Waals surface area contributed by atoms with Gasteiger partial charge in [0.05, 0.1) is 19.6 Å². The van der Waals surface area contributed by atoms with Gasteiger partial charge in [0.15, 0.2) is 17.1 Å². The molecule has 0 fully saturated rings. The summed E-state index contributed by atoms with van der Waals surface area (Å²) in [6.45, 7) is 6.59. The first-order chi connectivity index (χ1) is 12.5. The van der Waals surface area contributed by atoms with Gasteiger partial charge in [0, 0.05) is 0 Å². The van der Waals surface area contributed by atoms with Crippen LogP contribution in [-0.4, -0.2) is 20.8 Å². The third-order valence-corrected chi connectivity index (χ3v) is 3.98. The first-order valence-electron chi connectivity index (χ1n) is 8.57. The molecular formula is C21H26O5. The summed E-state index contributed by atoms with van der Waals surface area (Å²) in [7, 11) is 2.95. The van der Waals surface area contributed by atoms with Crippen LogP contribution in [0.4, 0.5) is 0 Å². The zero-order chi connectivity index (χ0) is 19.1. The normalized spacial score (nSPS) is 11.3. The highest BCUT2D eigenvalue weighted by molar-refractivity contribution is 5.89. The van der Waals surface area contributed by atoms with Crippen molar-refractivity contribution in [2.24, 2.45) is 0 Å². The number of benzene rings is 1. The van der Waals surface area contributed by atoms with E-state index in [0.29, 0.717) is 29.1 Å². The predicted octanol–water partition coefficient (Wildman–Crippen LogP) is 4.88. The fraction of sp³-hybridized carbons (Fsp3) is 0.381. The van der Waals surface area contributed by atoms with Gasteiger partial charge in [-0.25, -0.2) is 4.79 Å². The highest BCUT2D eigenvalue weighted by atomic mass is 16.5. The van der Waals surface area contributed by atoms with Gasteiger partial charge in [0.25, 0.3) is 0 Å². The van der Waals surface area contributed by atoms with Crippen molar-refractivity contribution >= 4 is 11.0 Å². The smallest absolute Gasteiger partial charge is 0.383 e. The quantitative estimate of drug-likeness (QED) is 0.497. The van der Waals surface area contributed by atoms with Gasteiger partial charge in [-0.2, -0.15) is 0 Å². The SMILES string of the molecule is COc1c(OC/C=C(\C)CCC=C(C)C)c2cccc(OC)c2oc1=O. The van der Waals surface area contributed by atoms with E-state index in [4.69, 9.17) is 18.6 Å². The molecule has 5 heteroatoms. The Morgan fingerprint density at radius 2 is 1.85 bits per heavy atom. The lowest BCUT2D eigenvalue weighted by Crippen LogP contribution is -2.08. The van der Waals surface area contributed by atoms with Crippen LogP contribution >= 0.6 is 0 Å². The van der Waals surface area contributed by atoms with Crippen molar-refractivity contribution < 1.29 is 18.6 Å². The van der Waals surface area contributed by atoms with Crippen molar-refractivity contribution in [3.63, 3.8) is 0 Å². The second-order valence-electron chi connectivity index (χ2n) is 6.27. The molecule has 1 heterocycles. The van der Waals surface area contributed by atoms with E-state index in [1.165, 1.54) is 25.4 Å². The monoisotopic (exact) mass is 358 g/mol. The standard InChI is InChI=1S/C21H26O5/c1-14(2)8-6-9-15(3)12-13-25-19-16-10-7-11-17(23-4)18(16)26-21(22)20(19)24-5/h7-8,10-12H,6,9,13H2,1-5H3/b15-12+. The van der Waals surface area contributed by atoms with Crippen LogP contribution in [0.2, 0.25) is 0 Å². The van der Waals surface area contributed by atoms with E-state index in [0.717, 1.165) is 12.8 Å². The van der Waals surface area contributed by atoms with Crippen molar-refractivity contribution in [3.8, 4) is 17.2 Å². The molecule has 140 valence electrons. The van der Waals surface area contributed by atoms with E-state index in [2.05, 4.69) is 26.8 Å². The molecule has 2 rings (SSSR count). The molecule has 2 aromatic rings. The molecule has 0 amide bonds. The van der Waals surface area contributed by atoms with Crippen molar-refractivity contribution in [1.82, 2.24) is 0 Å². The zero-order valence-electron chi connectivity index (χ0n) is 16.0. The molecule has 1 aromatic heterocycles. The maximum absolute atomic E-state index is 12.2. The number of hydrogen-bond acceptors (Lipinski definition) is 5. The number of para-hydroxylation sites is 1. The van der Waals surface area contributed by atoms with Gasteiger partial charge >= 0.3 is 5.63 Å². The van der Waals surface area contributed by atoms with Crippen LogP contribution in [0.15, 0.2) is 50.7 Å². The number of fused-ring (bicyclic) bond motifs is 1. The molecule has 1 aromatic carbocycles. The lowest BCUT2D eigenvalue weighted by Gasteiger charge is -2.12. The highest BCUT2D eigenvalue weighted by Crippen LogP contribution is 2.36. The van der Waals surface area contributed by atoms with Crippen LogP contribution in [0.3, 0.4) is 0 Å². The van der Waals surface area contributed by atoms with Gasteiger partial charge in [-0.1, -0.05) is 23.3 Å². The van der Waals surface area contributed by atoms with Gasteiger partial charge < -0.3 is 18.6 Å². The Hall–Kier alpha value is -2.69. The molecule has 0 aliphatic carbocycles. The fourth-order valence-electron chi connectivity index (χ4n) is 2.59. The molecular weight excluding hydrogens is 332 g/mol. The minimum absolute atomic E-state index is 0.0568. The Bertz CT molecular complexity index is 870. The van der Waals surface area contributed by atoms with E-state index < -0.39 is 5.63 Å². The fourth-order valence-corrected chi connectivity index (χ4v) is 2.59. The maximum atomic E-state index is 12.2. The first kappa shape index (κ1) is 19.6. The van der Waals surface area contributed by atoms with Gasteiger partial charge in [0.2, 0.25) is 5.75 Å². The Labute approximate surface area is 153 Å². The summed E-state index contributed by atoms with van der Waals surface area (Å²) in [6.07, 6.45) is 6.20. The molecule has 0 atom stereocenters. The third-order valence-electron chi connectivity index (χ3n) is 3.98. The van der Waals surface area contributed by atoms with Crippen molar-refractivity contribution in [3.05, 3.63) is 51.9 Å². The van der Waals surface area contributed by atoms with E-state index in [1.54, 1.807) is 6.07 Å². The molecule has 0 saturated carbocycles. The van der Waals surface area contributed by atoms with Gasteiger partial charge in [-0.05, 0) is 51.8 Å². The van der Waals surface area contributed by atoms with Crippen molar-refractivity contribution in [2.75, 3.05) is 20.8 Å². The zero-order valence-corrected chi connectivity index (χ0v) is 16.0. The van der Waals surface area contributed by atoms with E-state index in [-0.39, 0.29) is 5.75 Å². The number of allylic oxidation sites excluding steroid dienone is 3. The third kappa shape index (κ3) is 4.69. The average molecular weight is 358 g/mol. The van der Waals surface area contributed by atoms with Crippen LogP contribution in [0.25, 0.3) is 11.0 Å². The summed E-state index contributed by atoms with van der Waals surface area (Å²) in [5, 5.41) is 0.636. The molecule has 26 heavy (non-hydrogen) atoms. The summed E-state index contributed by atoms with van der Waals surface area (Å²) < 4.78 is 21.7. The Kier molecular flexibility index (Phi) is 6.89. The number of rotatable bonds is 8. The second-order valence-corrected chi connectivity index (χ2v) is 6.27. The Morgan fingerprint density at radius 1 is 1.08 bits per heavy atom. The largest absolute Gasteiger partial charge is 0.493 e. The van der Waals surface area contributed by atoms with Crippen LogP contribution in [-0.2, 0) is 0 Å². The number of ether oxygens (including phenoxy) is 3. The summed E-state index contributed by atoms with van der Waals surface area (Å²) >= 11 is 0. The van der Waals surface area contributed by atoms with Crippen LogP contribution < -0.4 is 19.8 Å². The van der Waals surface area contributed by atoms with Crippen LogP contribution in [0.1, 0.15) is 33.6 Å². The van der Waals surface area contributed by atoms with Gasteiger partial charge in [-0.3, -0.25) is 0 Å². The number of methoxy groups -OCH3 is 2. The molecule has 0 spiro atoms. The topological polar surface area (TPSA) is 57.9 Å².